The Morgan fingerprint density at radius 2 is 0.569 bits per heavy atom. The smallest absolute Gasteiger partial charge is 0.306 e. The quantitative estimate of drug-likeness (QED) is 0.0262. The van der Waals surface area contributed by atoms with Crippen molar-refractivity contribution in [3.05, 3.63) is 48.6 Å². The molecule has 0 radical (unpaired) electrons. The Balaban J connectivity index is 4.37. The Morgan fingerprint density at radius 1 is 0.308 bits per heavy atom. The molecular formula is C59H106O6. The monoisotopic (exact) mass is 911 g/mol. The molecule has 0 aliphatic heterocycles. The standard InChI is InChI=1S/C59H106O6/c1-4-7-10-13-16-19-22-25-28-29-30-32-34-37-40-43-46-49-52-58(61)64-55-56(54-63-57(60)51-48-45-42-39-36-33-27-24-21-18-15-12-9-6-3)65-59(62)53-50-47-44-41-38-35-31-26-23-20-17-14-11-8-5-2/h15,17-18,20,24,26-27,31,56H,4-14,16,19,21-23,25,28-30,32-55H2,1-3H3/b18-15+,20-17+,27-24+,31-26+/t56-/m1/s1. The third-order valence-corrected chi connectivity index (χ3v) is 12.3. The van der Waals surface area contributed by atoms with Gasteiger partial charge in [-0.05, 0) is 77.0 Å². The molecular weight excluding hydrogens is 805 g/mol. The molecule has 6 nitrogen and oxygen atoms in total. The first-order chi connectivity index (χ1) is 32.0. The van der Waals surface area contributed by atoms with Gasteiger partial charge in [-0.25, -0.2) is 0 Å². The number of ether oxygens (including phenoxy) is 3. The van der Waals surface area contributed by atoms with Crippen LogP contribution in [0.25, 0.3) is 0 Å². The second kappa shape index (κ2) is 54.0. The Bertz CT molecular complexity index is 1140. The normalized spacial score (nSPS) is 12.4. The fraction of sp³-hybridized carbons (Fsp3) is 0.814. The number of carbonyl (C=O) groups excluding carboxylic acids is 3. The van der Waals surface area contributed by atoms with Crippen LogP contribution in [-0.4, -0.2) is 37.2 Å². The lowest BCUT2D eigenvalue weighted by Crippen LogP contribution is -2.30. The van der Waals surface area contributed by atoms with E-state index in [0.717, 1.165) is 103 Å². The van der Waals surface area contributed by atoms with Crippen LogP contribution in [0.4, 0.5) is 0 Å². The van der Waals surface area contributed by atoms with E-state index in [0.29, 0.717) is 19.3 Å². The van der Waals surface area contributed by atoms with Gasteiger partial charge < -0.3 is 14.2 Å². The van der Waals surface area contributed by atoms with E-state index in [-0.39, 0.29) is 31.1 Å². The van der Waals surface area contributed by atoms with E-state index in [1.807, 2.05) is 0 Å². The van der Waals surface area contributed by atoms with Crippen molar-refractivity contribution in [2.24, 2.45) is 0 Å². The highest BCUT2D eigenvalue weighted by molar-refractivity contribution is 5.71. The molecule has 0 fully saturated rings. The fourth-order valence-corrected chi connectivity index (χ4v) is 8.02. The summed E-state index contributed by atoms with van der Waals surface area (Å²) >= 11 is 0. The van der Waals surface area contributed by atoms with Gasteiger partial charge in [0, 0.05) is 19.3 Å². The predicted molar refractivity (Wildman–Crippen MR) is 279 cm³/mol. The average molecular weight is 911 g/mol. The topological polar surface area (TPSA) is 78.9 Å². The molecule has 378 valence electrons. The van der Waals surface area contributed by atoms with E-state index in [9.17, 15) is 14.4 Å². The largest absolute Gasteiger partial charge is 0.462 e. The summed E-state index contributed by atoms with van der Waals surface area (Å²) in [5, 5.41) is 0. The summed E-state index contributed by atoms with van der Waals surface area (Å²) in [7, 11) is 0. The van der Waals surface area contributed by atoms with E-state index < -0.39 is 6.10 Å². The maximum Gasteiger partial charge on any atom is 0.306 e. The Kier molecular flexibility index (Phi) is 51.8. The van der Waals surface area contributed by atoms with Crippen LogP contribution in [0.2, 0.25) is 0 Å². The van der Waals surface area contributed by atoms with Crippen molar-refractivity contribution in [3.63, 3.8) is 0 Å². The molecule has 0 aromatic heterocycles. The first kappa shape index (κ1) is 62.4. The van der Waals surface area contributed by atoms with Crippen molar-refractivity contribution in [3.8, 4) is 0 Å². The van der Waals surface area contributed by atoms with Crippen molar-refractivity contribution in [2.75, 3.05) is 13.2 Å². The lowest BCUT2D eigenvalue weighted by Gasteiger charge is -2.18. The molecule has 0 amide bonds. The lowest BCUT2D eigenvalue weighted by molar-refractivity contribution is -0.167. The van der Waals surface area contributed by atoms with Gasteiger partial charge in [0.2, 0.25) is 0 Å². The number of carbonyl (C=O) groups is 3. The third-order valence-electron chi connectivity index (χ3n) is 12.3. The number of esters is 3. The summed E-state index contributed by atoms with van der Waals surface area (Å²) < 4.78 is 16.8. The van der Waals surface area contributed by atoms with Gasteiger partial charge in [0.25, 0.3) is 0 Å². The summed E-state index contributed by atoms with van der Waals surface area (Å²) in [4.78, 5) is 38.1. The Morgan fingerprint density at radius 3 is 0.923 bits per heavy atom. The number of unbranched alkanes of at least 4 members (excludes halogenated alkanes) is 32. The van der Waals surface area contributed by atoms with Crippen LogP contribution in [0.1, 0.15) is 290 Å². The van der Waals surface area contributed by atoms with Gasteiger partial charge in [-0.15, -0.1) is 0 Å². The van der Waals surface area contributed by atoms with Crippen LogP contribution in [0.5, 0.6) is 0 Å². The Hall–Kier alpha value is -2.63. The molecule has 1 atom stereocenters. The van der Waals surface area contributed by atoms with Crippen molar-refractivity contribution in [1.29, 1.82) is 0 Å². The van der Waals surface area contributed by atoms with E-state index in [4.69, 9.17) is 14.2 Å². The highest BCUT2D eigenvalue weighted by atomic mass is 16.6. The molecule has 0 aliphatic rings. The molecule has 0 aromatic rings. The zero-order chi connectivity index (χ0) is 47.2. The predicted octanol–water partition coefficient (Wildman–Crippen LogP) is 18.7. The van der Waals surface area contributed by atoms with Gasteiger partial charge in [-0.1, -0.05) is 243 Å². The molecule has 0 aliphatic carbocycles. The molecule has 0 unspecified atom stereocenters. The zero-order valence-corrected chi connectivity index (χ0v) is 43.3. The highest BCUT2D eigenvalue weighted by Gasteiger charge is 2.19. The molecule has 0 N–H and O–H groups in total. The molecule has 0 saturated heterocycles. The van der Waals surface area contributed by atoms with Crippen LogP contribution >= 0.6 is 0 Å². The van der Waals surface area contributed by atoms with Crippen LogP contribution in [0, 0.1) is 0 Å². The van der Waals surface area contributed by atoms with E-state index in [2.05, 4.69) is 69.4 Å². The van der Waals surface area contributed by atoms with Gasteiger partial charge in [0.05, 0.1) is 0 Å². The van der Waals surface area contributed by atoms with Crippen LogP contribution in [0.15, 0.2) is 48.6 Å². The van der Waals surface area contributed by atoms with Gasteiger partial charge in [0.1, 0.15) is 13.2 Å². The first-order valence-electron chi connectivity index (χ1n) is 28.1. The SMILES string of the molecule is CCCC/C=C/C/C=C/CCCCCCCC(=O)OC[C@H](COC(=O)CCCCCCCCCCCCCCCCCCCC)OC(=O)CCCCCCC/C=C/C/C=C/CCCCC. The second-order valence-corrected chi connectivity index (χ2v) is 18.8. The summed E-state index contributed by atoms with van der Waals surface area (Å²) in [5.41, 5.74) is 0. The molecule has 0 aromatic carbocycles. The molecule has 65 heavy (non-hydrogen) atoms. The molecule has 0 heterocycles. The van der Waals surface area contributed by atoms with Crippen molar-refractivity contribution in [1.82, 2.24) is 0 Å². The average Bonchev–Trinajstić information content (AvgIpc) is 3.30. The van der Waals surface area contributed by atoms with E-state index in [1.54, 1.807) is 0 Å². The number of hydrogen-bond acceptors (Lipinski definition) is 6. The van der Waals surface area contributed by atoms with Crippen molar-refractivity contribution >= 4 is 17.9 Å². The van der Waals surface area contributed by atoms with Gasteiger partial charge in [-0.2, -0.15) is 0 Å². The minimum Gasteiger partial charge on any atom is -0.462 e. The second-order valence-electron chi connectivity index (χ2n) is 18.8. The summed E-state index contributed by atoms with van der Waals surface area (Å²) in [6.07, 6.45) is 65.2. The van der Waals surface area contributed by atoms with E-state index >= 15 is 0 Å². The van der Waals surface area contributed by atoms with Crippen molar-refractivity contribution in [2.45, 2.75) is 297 Å². The minimum atomic E-state index is -0.784. The van der Waals surface area contributed by atoms with Crippen LogP contribution in [-0.2, 0) is 28.6 Å². The first-order valence-corrected chi connectivity index (χ1v) is 28.1. The molecule has 0 saturated carbocycles. The minimum absolute atomic E-state index is 0.0807. The maximum absolute atomic E-state index is 12.8. The third kappa shape index (κ3) is 52.2. The maximum atomic E-state index is 12.8. The summed E-state index contributed by atoms with van der Waals surface area (Å²) in [6, 6.07) is 0. The fourth-order valence-electron chi connectivity index (χ4n) is 8.02. The molecule has 0 bridgehead atoms. The number of allylic oxidation sites excluding steroid dienone is 8. The van der Waals surface area contributed by atoms with Crippen molar-refractivity contribution < 1.29 is 28.6 Å². The van der Waals surface area contributed by atoms with E-state index in [1.165, 1.54) is 148 Å². The Labute approximate surface area is 403 Å². The lowest BCUT2D eigenvalue weighted by atomic mass is 10.0. The summed E-state index contributed by atoms with van der Waals surface area (Å²) in [6.45, 7) is 6.58. The molecule has 0 spiro atoms. The van der Waals surface area contributed by atoms with Crippen LogP contribution in [0.3, 0.4) is 0 Å². The zero-order valence-electron chi connectivity index (χ0n) is 43.3. The van der Waals surface area contributed by atoms with Gasteiger partial charge >= 0.3 is 17.9 Å². The molecule has 6 heteroatoms. The summed E-state index contributed by atoms with van der Waals surface area (Å²) in [5.74, 6) is -0.897. The molecule has 0 rings (SSSR count). The highest BCUT2D eigenvalue weighted by Crippen LogP contribution is 2.16. The number of rotatable bonds is 51. The van der Waals surface area contributed by atoms with Crippen LogP contribution < -0.4 is 0 Å². The number of hydrogen-bond donors (Lipinski definition) is 0. The van der Waals surface area contributed by atoms with Gasteiger partial charge in [0.15, 0.2) is 6.10 Å². The van der Waals surface area contributed by atoms with Gasteiger partial charge in [-0.3, -0.25) is 14.4 Å².